The molecule has 0 aliphatic rings. The zero-order valence-electron chi connectivity index (χ0n) is 69.7. The number of carbonyl (C=O) groups is 4. The Bertz CT molecular complexity index is 2030. The normalized spacial score (nSPS) is 13.8. The third-order valence-corrected chi connectivity index (χ3v) is 22.4. The molecule has 0 spiro atoms. The summed E-state index contributed by atoms with van der Waals surface area (Å²) in [5.41, 5.74) is 0. The molecule has 0 saturated carbocycles. The van der Waals surface area contributed by atoms with Crippen LogP contribution in [0, 0.1) is 11.8 Å². The first-order valence-corrected chi connectivity index (χ1v) is 48.0. The summed E-state index contributed by atoms with van der Waals surface area (Å²) in [6.07, 6.45) is 71.0. The molecule has 19 heteroatoms. The first-order valence-electron chi connectivity index (χ1n) is 45.0. The molecule has 0 aromatic rings. The molecule has 0 aromatic carbocycles. The van der Waals surface area contributed by atoms with E-state index < -0.39 is 97.5 Å². The van der Waals surface area contributed by atoms with Crippen molar-refractivity contribution in [3.63, 3.8) is 0 Å². The van der Waals surface area contributed by atoms with Crippen LogP contribution in [0.1, 0.15) is 465 Å². The number of ether oxygens (including phenoxy) is 4. The second-order valence-corrected chi connectivity index (χ2v) is 35.1. The smallest absolute Gasteiger partial charge is 0.462 e. The summed E-state index contributed by atoms with van der Waals surface area (Å²) in [4.78, 5) is 73.2. The number of aliphatic hydroxyl groups excluding tert-OH is 1. The predicted molar refractivity (Wildman–Crippen MR) is 437 cm³/mol. The topological polar surface area (TPSA) is 237 Å². The Morgan fingerprint density at radius 3 is 0.642 bits per heavy atom. The SMILES string of the molecule is CCCCCCCCCCCCCCCCCCCCCCC(=O)OC[C@H](COP(=O)(O)OC[C@@H](O)COP(=O)(O)OC[C@@H](COC(=O)CCCCCCCCCC(C)C)OC(=O)CCCCCCCCCCCCCCCCC)OC(=O)CCCCCCCCCCCCCCCCCCCCC(C)C. The third-order valence-electron chi connectivity index (χ3n) is 20.5. The molecule has 5 atom stereocenters. The fraction of sp³-hybridized carbons (Fsp3) is 0.954. The largest absolute Gasteiger partial charge is 0.472 e. The highest BCUT2D eigenvalue weighted by Gasteiger charge is 2.30. The van der Waals surface area contributed by atoms with Crippen LogP contribution < -0.4 is 0 Å². The molecule has 0 aliphatic carbocycles. The second kappa shape index (κ2) is 78.3. The van der Waals surface area contributed by atoms with Crippen LogP contribution in [0.4, 0.5) is 0 Å². The molecule has 0 amide bonds. The summed E-state index contributed by atoms with van der Waals surface area (Å²) in [6.45, 7) is 9.66. The van der Waals surface area contributed by atoms with Crippen LogP contribution in [0.25, 0.3) is 0 Å². The molecule has 0 rings (SSSR count). The lowest BCUT2D eigenvalue weighted by Gasteiger charge is -2.21. The summed E-state index contributed by atoms with van der Waals surface area (Å²) in [7, 11) is -9.93. The monoisotopic (exact) mass is 1550 g/mol. The predicted octanol–water partition coefficient (Wildman–Crippen LogP) is 26.6. The molecular weight excluding hydrogens is 1380 g/mol. The van der Waals surface area contributed by atoms with E-state index in [0.29, 0.717) is 31.6 Å². The number of hydrogen-bond donors (Lipinski definition) is 3. The minimum atomic E-state index is -4.97. The molecule has 0 fully saturated rings. The number of rotatable bonds is 86. The van der Waals surface area contributed by atoms with Gasteiger partial charge in [-0.2, -0.15) is 0 Å². The van der Waals surface area contributed by atoms with E-state index in [-0.39, 0.29) is 25.7 Å². The van der Waals surface area contributed by atoms with Gasteiger partial charge in [-0.05, 0) is 37.5 Å². The maximum absolute atomic E-state index is 13.2. The number of esters is 4. The number of phosphoric acid groups is 2. The Hall–Kier alpha value is -1.94. The van der Waals surface area contributed by atoms with Gasteiger partial charge in [-0.15, -0.1) is 0 Å². The lowest BCUT2D eigenvalue weighted by Crippen LogP contribution is -2.30. The van der Waals surface area contributed by atoms with Gasteiger partial charge in [0.2, 0.25) is 0 Å². The van der Waals surface area contributed by atoms with Crippen molar-refractivity contribution in [2.24, 2.45) is 11.8 Å². The van der Waals surface area contributed by atoms with Gasteiger partial charge in [0, 0.05) is 25.7 Å². The molecule has 0 heterocycles. The lowest BCUT2D eigenvalue weighted by molar-refractivity contribution is -0.161. The Morgan fingerprint density at radius 1 is 0.255 bits per heavy atom. The van der Waals surface area contributed by atoms with Gasteiger partial charge in [0.05, 0.1) is 26.4 Å². The number of unbranched alkanes of at least 4 members (excludes halogenated alkanes) is 56. The van der Waals surface area contributed by atoms with Crippen molar-refractivity contribution < 1.29 is 80.2 Å². The number of hydrogen-bond acceptors (Lipinski definition) is 15. The van der Waals surface area contributed by atoms with E-state index in [1.165, 1.54) is 276 Å². The van der Waals surface area contributed by atoms with Gasteiger partial charge >= 0.3 is 39.5 Å². The van der Waals surface area contributed by atoms with E-state index in [4.69, 9.17) is 37.0 Å². The molecule has 630 valence electrons. The van der Waals surface area contributed by atoms with Crippen molar-refractivity contribution in [2.45, 2.75) is 484 Å². The van der Waals surface area contributed by atoms with Gasteiger partial charge in [-0.25, -0.2) is 9.13 Å². The number of phosphoric ester groups is 2. The molecule has 106 heavy (non-hydrogen) atoms. The summed E-state index contributed by atoms with van der Waals surface area (Å²) >= 11 is 0. The fourth-order valence-corrected chi connectivity index (χ4v) is 15.2. The van der Waals surface area contributed by atoms with Gasteiger partial charge in [-0.3, -0.25) is 37.3 Å². The van der Waals surface area contributed by atoms with E-state index in [1.54, 1.807) is 0 Å². The minimum Gasteiger partial charge on any atom is -0.462 e. The maximum Gasteiger partial charge on any atom is 0.472 e. The van der Waals surface area contributed by atoms with Gasteiger partial charge in [0.25, 0.3) is 0 Å². The van der Waals surface area contributed by atoms with Crippen molar-refractivity contribution in [1.29, 1.82) is 0 Å². The van der Waals surface area contributed by atoms with Crippen LogP contribution in [-0.4, -0.2) is 96.7 Å². The van der Waals surface area contributed by atoms with Gasteiger partial charge < -0.3 is 33.8 Å². The van der Waals surface area contributed by atoms with Crippen LogP contribution in [0.5, 0.6) is 0 Å². The summed E-state index contributed by atoms with van der Waals surface area (Å²) in [5.74, 6) is -0.576. The quantitative estimate of drug-likeness (QED) is 0.0222. The van der Waals surface area contributed by atoms with Crippen LogP contribution >= 0.6 is 15.6 Å². The summed E-state index contributed by atoms with van der Waals surface area (Å²) in [5, 5.41) is 10.7. The van der Waals surface area contributed by atoms with E-state index in [9.17, 15) is 43.2 Å². The average Bonchev–Trinajstić information content (AvgIpc) is 0.901. The third kappa shape index (κ3) is 80.1. The molecule has 0 aliphatic heterocycles. The van der Waals surface area contributed by atoms with Gasteiger partial charge in [0.1, 0.15) is 19.3 Å². The first kappa shape index (κ1) is 104. The zero-order valence-corrected chi connectivity index (χ0v) is 71.5. The van der Waals surface area contributed by atoms with E-state index in [1.807, 2.05) is 0 Å². The summed E-state index contributed by atoms with van der Waals surface area (Å²) in [6, 6.07) is 0. The van der Waals surface area contributed by atoms with E-state index >= 15 is 0 Å². The van der Waals surface area contributed by atoms with Crippen LogP contribution in [0.3, 0.4) is 0 Å². The van der Waals surface area contributed by atoms with Gasteiger partial charge in [-0.1, -0.05) is 414 Å². The fourth-order valence-electron chi connectivity index (χ4n) is 13.6. The molecule has 17 nitrogen and oxygen atoms in total. The maximum atomic E-state index is 13.2. The average molecular weight is 1550 g/mol. The molecule has 0 radical (unpaired) electrons. The van der Waals surface area contributed by atoms with Crippen molar-refractivity contribution in [3.8, 4) is 0 Å². The number of aliphatic hydroxyl groups is 1. The van der Waals surface area contributed by atoms with Crippen LogP contribution in [-0.2, 0) is 65.4 Å². The molecule has 0 aromatic heterocycles. The Kier molecular flexibility index (Phi) is 76.9. The molecule has 3 N–H and O–H groups in total. The highest BCUT2D eigenvalue weighted by Crippen LogP contribution is 2.45. The molecule has 2 unspecified atom stereocenters. The lowest BCUT2D eigenvalue weighted by atomic mass is 10.0. The highest BCUT2D eigenvalue weighted by atomic mass is 31.2. The zero-order chi connectivity index (χ0) is 77.8. The van der Waals surface area contributed by atoms with Crippen molar-refractivity contribution in [2.75, 3.05) is 39.6 Å². The van der Waals surface area contributed by atoms with Crippen molar-refractivity contribution in [3.05, 3.63) is 0 Å². The first-order chi connectivity index (χ1) is 51.4. The van der Waals surface area contributed by atoms with Crippen molar-refractivity contribution >= 4 is 39.5 Å². The highest BCUT2D eigenvalue weighted by molar-refractivity contribution is 7.47. The van der Waals surface area contributed by atoms with E-state index in [0.717, 1.165) is 102 Å². The molecule has 0 saturated heterocycles. The second-order valence-electron chi connectivity index (χ2n) is 32.2. The van der Waals surface area contributed by atoms with Crippen LogP contribution in [0.2, 0.25) is 0 Å². The number of carbonyl (C=O) groups excluding carboxylic acids is 4. The van der Waals surface area contributed by atoms with Crippen LogP contribution in [0.15, 0.2) is 0 Å². The van der Waals surface area contributed by atoms with Crippen molar-refractivity contribution in [1.82, 2.24) is 0 Å². The molecular formula is C87H170O17P2. The Labute approximate surface area is 651 Å². The molecule has 0 bridgehead atoms. The minimum absolute atomic E-state index is 0.108. The standard InChI is InChI=1S/C87H170O17P2/c1-7-9-11-13-15-17-19-21-23-24-25-26-30-34-37-41-45-51-57-63-69-84(89)97-75-82(103-86(91)72-66-60-53-47-43-39-35-31-28-27-29-33-36-40-44-49-55-61-67-79(3)4)77-101-105(93,94)99-73-81(88)74-100-106(95,96)102-78-83(76-98-85(90)70-64-58-54-48-50-56-62-68-80(5)6)104-87(92)71-65-59-52-46-42-38-32-22-20-18-16-14-12-10-8-2/h79-83,88H,7-78H2,1-6H3,(H,93,94)(H,95,96)/t81-,82-,83-/m1/s1. The van der Waals surface area contributed by atoms with E-state index in [2.05, 4.69) is 41.5 Å². The summed E-state index contributed by atoms with van der Waals surface area (Å²) < 4.78 is 68.9. The van der Waals surface area contributed by atoms with Gasteiger partial charge in [0.15, 0.2) is 12.2 Å². The Morgan fingerprint density at radius 2 is 0.434 bits per heavy atom. The Balaban J connectivity index is 5.22.